The van der Waals surface area contributed by atoms with Crippen molar-refractivity contribution in [1.82, 2.24) is 0 Å². The van der Waals surface area contributed by atoms with Crippen LogP contribution < -0.4 is 0 Å². The van der Waals surface area contributed by atoms with Crippen LogP contribution in [0.25, 0.3) is 11.1 Å². The van der Waals surface area contributed by atoms with Gasteiger partial charge in [-0.15, -0.1) is 0 Å². The molecule has 0 radical (unpaired) electrons. The summed E-state index contributed by atoms with van der Waals surface area (Å²) in [5.41, 5.74) is 9.70. The molecule has 0 bridgehead atoms. The van der Waals surface area contributed by atoms with Crippen molar-refractivity contribution in [2.24, 2.45) is 0 Å². The Morgan fingerprint density at radius 3 is 1.75 bits per heavy atom. The molecule has 1 heterocycles. The monoisotopic (exact) mass is 516 g/mol. The van der Waals surface area contributed by atoms with Gasteiger partial charge in [0.25, 0.3) is 0 Å². The van der Waals surface area contributed by atoms with Crippen LogP contribution in [-0.4, -0.2) is 5.43 Å². The molecule has 1 fully saturated rings. The van der Waals surface area contributed by atoms with Crippen molar-refractivity contribution in [2.45, 2.75) is 87.3 Å². The van der Waals surface area contributed by atoms with Gasteiger partial charge >= 0.3 is 204 Å². The van der Waals surface area contributed by atoms with E-state index in [1.54, 1.807) is 34.3 Å². The van der Waals surface area contributed by atoms with Gasteiger partial charge in [0.15, 0.2) is 0 Å². The number of hydrogen-bond donors (Lipinski definition) is 0. The van der Waals surface area contributed by atoms with Gasteiger partial charge in [0.05, 0.1) is 0 Å². The molecule has 2 aromatic rings. The van der Waals surface area contributed by atoms with Crippen LogP contribution in [0.5, 0.6) is 0 Å². The number of rotatable bonds is 2. The Morgan fingerprint density at radius 2 is 1.31 bits per heavy atom. The molecule has 0 atom stereocenters. The van der Waals surface area contributed by atoms with E-state index in [0.717, 1.165) is 3.63 Å². The van der Waals surface area contributed by atoms with Gasteiger partial charge in [-0.2, -0.15) is 0 Å². The predicted molar refractivity (Wildman–Crippen MR) is 138 cm³/mol. The molecule has 166 valence electrons. The summed E-state index contributed by atoms with van der Waals surface area (Å²) in [6.07, 6.45) is 11.6. The quantitative estimate of drug-likeness (QED) is 0.350. The van der Waals surface area contributed by atoms with E-state index in [1.807, 2.05) is 3.28 Å². The van der Waals surface area contributed by atoms with Gasteiger partial charge in [-0.1, -0.05) is 0 Å². The normalized spacial score (nSPS) is 18.2. The van der Waals surface area contributed by atoms with E-state index in [0.29, 0.717) is 0 Å². The van der Waals surface area contributed by atoms with Gasteiger partial charge in [0.2, 0.25) is 0 Å². The molecule has 0 N–H and O–H groups in total. The summed E-state index contributed by atoms with van der Waals surface area (Å²) >= 11 is -1.88. The van der Waals surface area contributed by atoms with Crippen molar-refractivity contribution >= 4 is 5.43 Å². The first-order valence-electron chi connectivity index (χ1n) is 12.5. The molecule has 2 heteroatoms. The van der Waals surface area contributed by atoms with Gasteiger partial charge in [0, 0.05) is 0 Å². The van der Waals surface area contributed by atoms with E-state index in [9.17, 15) is 0 Å². The molecule has 0 unspecified atom stereocenters. The molecule has 0 nitrogen and oxygen atoms in total. The second-order valence-electron chi connectivity index (χ2n) is 12.1. The molecule has 3 aliphatic rings. The number of benzene rings is 2. The van der Waals surface area contributed by atoms with Gasteiger partial charge in [0.1, 0.15) is 0 Å². The number of fused-ring (bicyclic) bond motifs is 3. The van der Waals surface area contributed by atoms with E-state index in [2.05, 4.69) is 96.2 Å². The molecule has 1 saturated heterocycles. The summed E-state index contributed by atoms with van der Waals surface area (Å²) in [5.74, 6) is 0. The molecule has 0 amide bonds. The Labute approximate surface area is 203 Å². The second kappa shape index (κ2) is 8.35. The van der Waals surface area contributed by atoms with Crippen LogP contribution >= 0.6 is 0 Å². The molecule has 2 aliphatic carbocycles. The third kappa shape index (κ3) is 4.05. The average molecular weight is 518 g/mol. The van der Waals surface area contributed by atoms with E-state index < -0.39 is 20.4 Å². The molecular weight excluding hydrogens is 480 g/mol. The van der Waals surface area contributed by atoms with E-state index >= 15 is 0 Å². The van der Waals surface area contributed by atoms with Crippen molar-refractivity contribution in [2.75, 3.05) is 0 Å². The Bertz CT molecular complexity index is 1090. The van der Waals surface area contributed by atoms with Crippen LogP contribution in [0.3, 0.4) is 0 Å². The molecule has 32 heavy (non-hydrogen) atoms. The van der Waals surface area contributed by atoms with Crippen molar-refractivity contribution in [1.29, 1.82) is 0 Å². The fraction of sp³-hybridized carbons (Fsp3) is 0.467. The zero-order valence-corrected chi connectivity index (χ0v) is 24.3. The molecule has 2 aromatic carbocycles. The van der Waals surface area contributed by atoms with Gasteiger partial charge in [-0.05, 0) is 0 Å². The zero-order valence-electron chi connectivity index (χ0n) is 20.8. The van der Waals surface area contributed by atoms with Crippen molar-refractivity contribution in [3.8, 4) is 11.1 Å². The first-order valence-corrected chi connectivity index (χ1v) is 20.8. The summed E-state index contributed by atoms with van der Waals surface area (Å²) in [6.45, 7) is 14.2. The van der Waals surface area contributed by atoms with Crippen LogP contribution in [0.2, 0.25) is 12.1 Å². The Hall–Kier alpha value is -0.980. The predicted octanol–water partition coefficient (Wildman–Crippen LogP) is 8.60. The SMILES string of the molecule is CC(C)(C)c1ccc2c(c1)[CH]([Zr]([C]1=CC=CC1)=[Si]1CCCC1)c1cc(C(C)(C)C)ccc1-2. The summed E-state index contributed by atoms with van der Waals surface area (Å²) in [7, 11) is 0. The van der Waals surface area contributed by atoms with Gasteiger partial charge in [-0.25, -0.2) is 0 Å². The fourth-order valence-corrected chi connectivity index (χ4v) is 29.8. The zero-order chi connectivity index (χ0) is 22.7. The summed E-state index contributed by atoms with van der Waals surface area (Å²) in [5, 5.41) is 0. The van der Waals surface area contributed by atoms with Crippen LogP contribution in [0.15, 0.2) is 57.9 Å². The Balaban J connectivity index is 1.78. The molecule has 0 saturated carbocycles. The van der Waals surface area contributed by atoms with Crippen molar-refractivity contribution in [3.63, 3.8) is 0 Å². The minimum absolute atomic E-state index is 0.199. The van der Waals surface area contributed by atoms with Gasteiger partial charge < -0.3 is 0 Å². The van der Waals surface area contributed by atoms with Gasteiger partial charge in [-0.3, -0.25) is 0 Å². The van der Waals surface area contributed by atoms with Crippen LogP contribution in [0, 0.1) is 0 Å². The number of hydrogen-bond acceptors (Lipinski definition) is 0. The molecule has 1 aliphatic heterocycles. The molecule has 0 aromatic heterocycles. The summed E-state index contributed by atoms with van der Waals surface area (Å²) < 4.78 is 2.64. The fourth-order valence-electron chi connectivity index (χ4n) is 5.84. The first-order chi connectivity index (χ1) is 15.1. The second-order valence-corrected chi connectivity index (χ2v) is 27.7. The van der Waals surface area contributed by atoms with E-state index in [1.165, 1.54) is 30.4 Å². The first kappa shape index (κ1) is 22.8. The molecular formula is C30H38SiZr. The maximum absolute atomic E-state index is 2.64. The van der Waals surface area contributed by atoms with Crippen LogP contribution in [0.4, 0.5) is 0 Å². The maximum atomic E-state index is 2.64. The topological polar surface area (TPSA) is 0 Å². The third-order valence-corrected chi connectivity index (χ3v) is 28.9. The Kier molecular flexibility index (Phi) is 5.95. The van der Waals surface area contributed by atoms with E-state index in [-0.39, 0.29) is 16.3 Å². The Morgan fingerprint density at radius 1 is 0.781 bits per heavy atom. The standard InChI is InChI=1S/C21H25.C5H5.C4H8Si.Zr/c1-20(2,3)16-7-9-18-14(12-16)11-15-13-17(21(4,5)6)8-10-19(15)18;2*1-2-4-5-3-1;/h7-13H,1-6H3;1-3H,4H2;1-4H2;. The molecule has 5 rings (SSSR count). The van der Waals surface area contributed by atoms with Crippen LogP contribution in [-0.2, 0) is 31.2 Å². The number of allylic oxidation sites excluding steroid dienone is 4. The third-order valence-electron chi connectivity index (χ3n) is 7.74. The molecule has 0 spiro atoms. The van der Waals surface area contributed by atoms with E-state index in [4.69, 9.17) is 0 Å². The average Bonchev–Trinajstić information content (AvgIpc) is 3.48. The minimum atomic E-state index is -1.88. The summed E-state index contributed by atoms with van der Waals surface area (Å²) in [4.78, 5) is 0. The van der Waals surface area contributed by atoms with Crippen LogP contribution in [0.1, 0.15) is 86.7 Å². The summed E-state index contributed by atoms with van der Waals surface area (Å²) in [6, 6.07) is 18.2. The van der Waals surface area contributed by atoms with Crippen molar-refractivity contribution in [3.05, 3.63) is 80.2 Å². The van der Waals surface area contributed by atoms with Crippen molar-refractivity contribution < 1.29 is 20.4 Å².